The molecule has 1 aliphatic rings. The molecule has 0 bridgehead atoms. The van der Waals surface area contributed by atoms with Gasteiger partial charge in [-0.1, -0.05) is 12.1 Å². The van der Waals surface area contributed by atoms with E-state index in [1.165, 1.54) is 12.1 Å². The van der Waals surface area contributed by atoms with Gasteiger partial charge in [0.05, 0.1) is 41.8 Å². The van der Waals surface area contributed by atoms with Crippen LogP contribution in [0.1, 0.15) is 30.0 Å². The minimum Gasteiger partial charge on any atom is -0.324 e. The average Bonchev–Trinajstić information content (AvgIpc) is 3.59. The number of hydrogen-bond acceptors (Lipinski definition) is 6. The van der Waals surface area contributed by atoms with Crippen LogP contribution >= 0.6 is 0 Å². The number of carbonyl (C=O) groups is 1. The first-order valence-corrected chi connectivity index (χ1v) is 11.0. The lowest BCUT2D eigenvalue weighted by Gasteiger charge is -2.10. The molecule has 1 amide bonds. The summed E-state index contributed by atoms with van der Waals surface area (Å²) in [6.45, 7) is 0. The second-order valence-corrected chi connectivity index (χ2v) is 8.35. The number of amides is 1. The van der Waals surface area contributed by atoms with Crippen LogP contribution in [0.4, 0.5) is 34.9 Å². The molecule has 0 spiro atoms. The first kappa shape index (κ1) is 23.4. The Hall–Kier alpha value is -4.35. The van der Waals surface area contributed by atoms with E-state index < -0.39 is 23.5 Å². The Bertz CT molecular complexity index is 1400. The molecular weight excluding hydrogens is 478 g/mol. The number of aromatic nitrogens is 5. The molecule has 5 rings (SSSR count). The third-order valence-corrected chi connectivity index (χ3v) is 5.52. The Kier molecular flexibility index (Phi) is 6.08. The van der Waals surface area contributed by atoms with Gasteiger partial charge in [-0.2, -0.15) is 18.3 Å². The zero-order valence-corrected chi connectivity index (χ0v) is 18.6. The van der Waals surface area contributed by atoms with Gasteiger partial charge in [0.15, 0.2) is 0 Å². The van der Waals surface area contributed by atoms with Crippen molar-refractivity contribution in [2.45, 2.75) is 31.5 Å². The van der Waals surface area contributed by atoms with Crippen molar-refractivity contribution in [2.75, 3.05) is 10.6 Å². The van der Waals surface area contributed by atoms with E-state index in [0.717, 1.165) is 30.8 Å². The third kappa shape index (κ3) is 5.48. The maximum atomic E-state index is 14.7. The summed E-state index contributed by atoms with van der Waals surface area (Å²) in [5, 5.41) is 9.68. The molecular formula is C24H19F4N7O. The average molecular weight is 497 g/mol. The maximum Gasteiger partial charge on any atom is 0.417 e. The Balaban J connectivity index is 1.22. The standard InChI is InChI=1S/C24H19F4N7O/c25-21-5-14(16-8-30-23(31-9-16)34-19-12-32-35(13-19)20-3-4-20)1-2-15(21)6-22(36)33-18-7-17(10-29-11-18)24(26,27)28/h1-2,5,7-13,20H,3-4,6H2,(H,33,36)(H,30,31,34). The number of benzene rings is 1. The molecule has 12 heteroatoms. The van der Waals surface area contributed by atoms with Crippen LogP contribution in [-0.4, -0.2) is 30.6 Å². The molecule has 0 aliphatic heterocycles. The van der Waals surface area contributed by atoms with Gasteiger partial charge in [0, 0.05) is 30.4 Å². The predicted molar refractivity (Wildman–Crippen MR) is 123 cm³/mol. The van der Waals surface area contributed by atoms with Gasteiger partial charge in [-0.05, 0) is 36.1 Å². The Morgan fingerprint density at radius 2 is 1.78 bits per heavy atom. The van der Waals surface area contributed by atoms with Crippen LogP contribution < -0.4 is 10.6 Å². The first-order valence-electron chi connectivity index (χ1n) is 11.0. The van der Waals surface area contributed by atoms with E-state index in [0.29, 0.717) is 29.3 Å². The highest BCUT2D eigenvalue weighted by Gasteiger charge is 2.31. The smallest absolute Gasteiger partial charge is 0.324 e. The monoisotopic (exact) mass is 497 g/mol. The van der Waals surface area contributed by atoms with Gasteiger partial charge in [-0.15, -0.1) is 0 Å². The number of hydrogen-bond donors (Lipinski definition) is 2. The molecule has 2 N–H and O–H groups in total. The van der Waals surface area contributed by atoms with Crippen LogP contribution in [0.3, 0.4) is 0 Å². The molecule has 0 atom stereocenters. The van der Waals surface area contributed by atoms with Gasteiger partial charge in [-0.3, -0.25) is 14.5 Å². The second-order valence-electron chi connectivity index (χ2n) is 8.35. The fraction of sp³-hybridized carbons (Fsp3) is 0.208. The molecule has 4 aromatic rings. The Labute approximate surface area is 202 Å². The highest BCUT2D eigenvalue weighted by molar-refractivity contribution is 5.92. The number of halogens is 4. The molecule has 3 aromatic heterocycles. The van der Waals surface area contributed by atoms with E-state index >= 15 is 0 Å². The number of anilines is 3. The van der Waals surface area contributed by atoms with Crippen LogP contribution in [0.5, 0.6) is 0 Å². The lowest BCUT2D eigenvalue weighted by Crippen LogP contribution is -2.16. The van der Waals surface area contributed by atoms with E-state index in [1.807, 2.05) is 10.9 Å². The van der Waals surface area contributed by atoms with Crippen molar-refractivity contribution in [2.24, 2.45) is 0 Å². The van der Waals surface area contributed by atoms with E-state index in [4.69, 9.17) is 0 Å². The van der Waals surface area contributed by atoms with Crippen molar-refractivity contribution in [1.82, 2.24) is 24.7 Å². The normalized spacial score (nSPS) is 13.4. The molecule has 184 valence electrons. The fourth-order valence-electron chi connectivity index (χ4n) is 3.52. The topological polar surface area (TPSA) is 97.6 Å². The van der Waals surface area contributed by atoms with Crippen LogP contribution in [0.25, 0.3) is 11.1 Å². The lowest BCUT2D eigenvalue weighted by molar-refractivity contribution is -0.137. The molecule has 1 aromatic carbocycles. The van der Waals surface area contributed by atoms with E-state index in [9.17, 15) is 22.4 Å². The fourth-order valence-corrected chi connectivity index (χ4v) is 3.52. The Morgan fingerprint density at radius 3 is 2.47 bits per heavy atom. The quantitative estimate of drug-likeness (QED) is 0.343. The van der Waals surface area contributed by atoms with Crippen molar-refractivity contribution < 1.29 is 22.4 Å². The molecule has 36 heavy (non-hydrogen) atoms. The summed E-state index contributed by atoms with van der Waals surface area (Å²) in [7, 11) is 0. The first-order chi connectivity index (χ1) is 17.2. The summed E-state index contributed by atoms with van der Waals surface area (Å²) in [5.41, 5.74) is 0.809. The van der Waals surface area contributed by atoms with Crippen molar-refractivity contribution in [3.63, 3.8) is 0 Å². The van der Waals surface area contributed by atoms with E-state index in [2.05, 4.69) is 30.7 Å². The van der Waals surface area contributed by atoms with E-state index in [-0.39, 0.29) is 17.7 Å². The highest BCUT2D eigenvalue weighted by atomic mass is 19.4. The predicted octanol–water partition coefficient (Wildman–Crippen LogP) is 5.15. The lowest BCUT2D eigenvalue weighted by atomic mass is 10.0. The van der Waals surface area contributed by atoms with Gasteiger partial charge in [0.1, 0.15) is 5.82 Å². The highest BCUT2D eigenvalue weighted by Crippen LogP contribution is 2.35. The number of alkyl halides is 3. The number of nitrogens with zero attached hydrogens (tertiary/aromatic N) is 5. The number of pyridine rings is 1. The van der Waals surface area contributed by atoms with Crippen LogP contribution in [0.15, 0.2) is 61.4 Å². The van der Waals surface area contributed by atoms with Gasteiger partial charge < -0.3 is 10.6 Å². The van der Waals surface area contributed by atoms with Crippen molar-refractivity contribution >= 4 is 23.2 Å². The number of nitrogens with one attached hydrogen (secondary N) is 2. The van der Waals surface area contributed by atoms with Crippen molar-refractivity contribution in [3.05, 3.63) is 78.4 Å². The largest absolute Gasteiger partial charge is 0.417 e. The van der Waals surface area contributed by atoms with Gasteiger partial charge >= 0.3 is 6.18 Å². The number of carbonyl (C=O) groups excluding carboxylic acids is 1. The minimum atomic E-state index is -4.59. The summed E-state index contributed by atoms with van der Waals surface area (Å²) in [5.74, 6) is -0.946. The zero-order valence-electron chi connectivity index (χ0n) is 18.6. The molecule has 8 nitrogen and oxygen atoms in total. The molecule has 0 saturated heterocycles. The molecule has 1 fully saturated rings. The molecule has 1 aliphatic carbocycles. The maximum absolute atomic E-state index is 14.7. The number of rotatable bonds is 7. The third-order valence-electron chi connectivity index (χ3n) is 5.52. The Morgan fingerprint density at radius 1 is 1.00 bits per heavy atom. The summed E-state index contributed by atoms with van der Waals surface area (Å²) in [4.78, 5) is 24.3. The molecule has 0 radical (unpaired) electrons. The summed E-state index contributed by atoms with van der Waals surface area (Å²) in [6.07, 6.45) is 5.72. The molecule has 3 heterocycles. The van der Waals surface area contributed by atoms with Crippen LogP contribution in [0.2, 0.25) is 0 Å². The van der Waals surface area contributed by atoms with Gasteiger partial charge in [-0.25, -0.2) is 14.4 Å². The second kappa shape index (κ2) is 9.36. The zero-order chi connectivity index (χ0) is 25.3. The SMILES string of the molecule is O=C(Cc1ccc(-c2cnc(Nc3cnn(C4CC4)c3)nc2)cc1F)Nc1cncc(C(F)(F)F)c1. The summed E-state index contributed by atoms with van der Waals surface area (Å²) in [6, 6.07) is 5.53. The summed E-state index contributed by atoms with van der Waals surface area (Å²) >= 11 is 0. The van der Waals surface area contributed by atoms with Crippen molar-refractivity contribution in [1.29, 1.82) is 0 Å². The molecule has 1 saturated carbocycles. The van der Waals surface area contributed by atoms with Crippen molar-refractivity contribution in [3.8, 4) is 11.1 Å². The van der Waals surface area contributed by atoms with Crippen LogP contribution in [-0.2, 0) is 17.4 Å². The van der Waals surface area contributed by atoms with Gasteiger partial charge in [0.2, 0.25) is 11.9 Å². The summed E-state index contributed by atoms with van der Waals surface area (Å²) < 4.78 is 55.0. The minimum absolute atomic E-state index is 0.0862. The van der Waals surface area contributed by atoms with E-state index in [1.54, 1.807) is 24.7 Å². The van der Waals surface area contributed by atoms with Gasteiger partial charge in [0.25, 0.3) is 0 Å². The molecule has 0 unspecified atom stereocenters. The van der Waals surface area contributed by atoms with Crippen LogP contribution in [0, 0.1) is 5.82 Å².